The van der Waals surface area contributed by atoms with Crippen molar-refractivity contribution >= 4 is 33.5 Å². The molecule has 0 unspecified atom stereocenters. The number of hydrogen-bond donors (Lipinski definition) is 1. The number of benzene rings is 1. The van der Waals surface area contributed by atoms with Crippen LogP contribution in [0.2, 0.25) is 0 Å². The summed E-state index contributed by atoms with van der Waals surface area (Å²) < 4.78 is 1.07. The average molecular weight is 296 g/mol. The summed E-state index contributed by atoms with van der Waals surface area (Å²) in [4.78, 5) is 9.65. The van der Waals surface area contributed by atoms with Crippen molar-refractivity contribution < 1.29 is 0 Å². The summed E-state index contributed by atoms with van der Waals surface area (Å²) in [7, 11) is 1.83. The van der Waals surface area contributed by atoms with Gasteiger partial charge in [-0.25, -0.2) is 4.98 Å². The first-order valence-corrected chi connectivity index (χ1v) is 6.33. The van der Waals surface area contributed by atoms with Crippen LogP contribution in [0.4, 0.5) is 5.82 Å². The van der Waals surface area contributed by atoms with Crippen molar-refractivity contribution in [2.24, 2.45) is 0 Å². The quantitative estimate of drug-likeness (QED) is 0.941. The largest absolute Gasteiger partial charge is 0.372 e. The predicted molar refractivity (Wildman–Crippen MR) is 69.8 cm³/mol. The van der Waals surface area contributed by atoms with Crippen LogP contribution in [-0.4, -0.2) is 17.0 Å². The van der Waals surface area contributed by atoms with Gasteiger partial charge in [-0.15, -0.1) is 0 Å². The molecule has 1 heterocycles. The van der Waals surface area contributed by atoms with E-state index in [1.165, 1.54) is 0 Å². The first-order valence-electron chi connectivity index (χ1n) is 4.72. The zero-order valence-electron chi connectivity index (χ0n) is 8.64. The van der Waals surface area contributed by atoms with Gasteiger partial charge >= 0.3 is 0 Å². The van der Waals surface area contributed by atoms with Crippen LogP contribution in [-0.2, 0) is 0 Å². The minimum Gasteiger partial charge on any atom is -0.372 e. The van der Waals surface area contributed by atoms with Gasteiger partial charge in [-0.3, -0.25) is 4.98 Å². The van der Waals surface area contributed by atoms with E-state index in [4.69, 9.17) is 0 Å². The smallest absolute Gasteiger partial charge is 0.145 e. The molecule has 0 aliphatic heterocycles. The van der Waals surface area contributed by atoms with E-state index in [1.54, 1.807) is 24.2 Å². The van der Waals surface area contributed by atoms with Gasteiger partial charge in [0.25, 0.3) is 0 Å². The summed E-state index contributed by atoms with van der Waals surface area (Å²) in [6.07, 6.45) is 3.45. The molecule has 2 rings (SSSR count). The lowest BCUT2D eigenvalue weighted by Gasteiger charge is -2.04. The van der Waals surface area contributed by atoms with E-state index in [2.05, 4.69) is 31.2 Å². The Bertz CT molecular complexity index is 490. The molecule has 1 N–H and O–H groups in total. The van der Waals surface area contributed by atoms with Crippen molar-refractivity contribution in [1.29, 1.82) is 0 Å². The van der Waals surface area contributed by atoms with Crippen molar-refractivity contribution in [2.75, 3.05) is 12.4 Å². The molecule has 0 aliphatic carbocycles. The first-order chi connectivity index (χ1) is 7.79. The molecule has 16 heavy (non-hydrogen) atoms. The van der Waals surface area contributed by atoms with Gasteiger partial charge in [0.1, 0.15) is 10.8 Å². The van der Waals surface area contributed by atoms with Crippen molar-refractivity contribution in [1.82, 2.24) is 9.97 Å². The molecule has 3 nitrogen and oxygen atoms in total. The molecule has 0 spiro atoms. The number of rotatable bonds is 3. The van der Waals surface area contributed by atoms with Crippen LogP contribution < -0.4 is 5.32 Å². The fourth-order valence-electron chi connectivity index (χ4n) is 1.16. The Hall–Kier alpha value is -1.07. The van der Waals surface area contributed by atoms with E-state index in [0.717, 1.165) is 20.2 Å². The Morgan fingerprint density at radius 1 is 1.25 bits per heavy atom. The molecule has 0 amide bonds. The molecular weight excluding hydrogens is 286 g/mol. The maximum absolute atomic E-state index is 4.40. The molecule has 0 atom stereocenters. The molecule has 2 aromatic rings. The van der Waals surface area contributed by atoms with Crippen molar-refractivity contribution in [3.05, 3.63) is 41.1 Å². The first kappa shape index (κ1) is 11.4. The van der Waals surface area contributed by atoms with E-state index < -0.39 is 0 Å². The molecule has 0 bridgehead atoms. The Morgan fingerprint density at radius 3 is 2.81 bits per heavy atom. The molecule has 5 heteroatoms. The monoisotopic (exact) mass is 295 g/mol. The third-order valence-electron chi connectivity index (χ3n) is 1.92. The maximum atomic E-state index is 4.40. The minimum absolute atomic E-state index is 0.775. The summed E-state index contributed by atoms with van der Waals surface area (Å²) in [5.74, 6) is 0.775. The maximum Gasteiger partial charge on any atom is 0.145 e. The van der Waals surface area contributed by atoms with Crippen LogP contribution in [0.15, 0.2) is 51.1 Å². The van der Waals surface area contributed by atoms with Crippen molar-refractivity contribution in [3.63, 3.8) is 0 Å². The molecule has 0 radical (unpaired) electrons. The van der Waals surface area contributed by atoms with E-state index in [1.807, 2.05) is 31.3 Å². The highest BCUT2D eigenvalue weighted by Gasteiger charge is 2.03. The minimum atomic E-state index is 0.775. The number of hydrogen-bond acceptors (Lipinski definition) is 4. The standard InChI is InChI=1S/C11H10BrN3S/c1-13-10-6-14-7-11(15-10)16-9-5-3-2-4-8(9)12/h2-7H,1H3,(H,13,15). The third kappa shape index (κ3) is 2.74. The van der Waals surface area contributed by atoms with E-state index >= 15 is 0 Å². The highest BCUT2D eigenvalue weighted by atomic mass is 79.9. The molecule has 0 saturated carbocycles. The van der Waals surface area contributed by atoms with Crippen molar-refractivity contribution in [3.8, 4) is 0 Å². The topological polar surface area (TPSA) is 37.8 Å². The number of nitrogens with zero attached hydrogens (tertiary/aromatic N) is 2. The predicted octanol–water partition coefficient (Wildman–Crippen LogP) is 3.43. The third-order valence-corrected chi connectivity index (χ3v) is 3.86. The second kappa shape index (κ2) is 5.32. The second-order valence-electron chi connectivity index (χ2n) is 3.03. The highest BCUT2D eigenvalue weighted by Crippen LogP contribution is 2.31. The molecule has 82 valence electrons. The summed E-state index contributed by atoms with van der Waals surface area (Å²) >= 11 is 5.09. The molecule has 1 aromatic carbocycles. The summed E-state index contributed by atoms with van der Waals surface area (Å²) in [6.45, 7) is 0. The highest BCUT2D eigenvalue weighted by molar-refractivity contribution is 9.10. The van der Waals surface area contributed by atoms with Gasteiger partial charge in [0.2, 0.25) is 0 Å². The number of anilines is 1. The van der Waals surface area contributed by atoms with Gasteiger partial charge in [0.05, 0.1) is 12.4 Å². The lowest BCUT2D eigenvalue weighted by molar-refractivity contribution is 1.05. The molecule has 0 saturated heterocycles. The van der Waals surface area contributed by atoms with Gasteiger partial charge < -0.3 is 5.32 Å². The number of aromatic nitrogens is 2. The number of nitrogens with one attached hydrogen (secondary N) is 1. The van der Waals surface area contributed by atoms with Crippen LogP contribution in [0.3, 0.4) is 0 Å². The van der Waals surface area contributed by atoms with Crippen LogP contribution in [0.25, 0.3) is 0 Å². The second-order valence-corrected chi connectivity index (χ2v) is 4.94. The van der Waals surface area contributed by atoms with Gasteiger partial charge in [-0.1, -0.05) is 23.9 Å². The Kier molecular flexibility index (Phi) is 3.79. The summed E-state index contributed by atoms with van der Waals surface area (Å²) in [5.41, 5.74) is 0. The van der Waals surface area contributed by atoms with Gasteiger partial charge in [-0.2, -0.15) is 0 Å². The SMILES string of the molecule is CNc1cncc(Sc2ccccc2Br)n1. The zero-order valence-corrected chi connectivity index (χ0v) is 11.0. The normalized spacial score (nSPS) is 10.1. The van der Waals surface area contributed by atoms with Crippen LogP contribution in [0.1, 0.15) is 0 Å². The van der Waals surface area contributed by atoms with E-state index in [-0.39, 0.29) is 0 Å². The van der Waals surface area contributed by atoms with E-state index in [0.29, 0.717) is 0 Å². The average Bonchev–Trinajstić information content (AvgIpc) is 2.32. The number of halogens is 1. The lowest BCUT2D eigenvalue weighted by atomic mass is 10.4. The molecule has 1 aromatic heterocycles. The van der Waals surface area contributed by atoms with Crippen LogP contribution >= 0.6 is 27.7 Å². The molecule has 0 aliphatic rings. The Morgan fingerprint density at radius 2 is 2.06 bits per heavy atom. The molecular formula is C11H10BrN3S. The summed E-state index contributed by atoms with van der Waals surface area (Å²) in [6, 6.07) is 8.05. The fraction of sp³-hybridized carbons (Fsp3) is 0.0909. The van der Waals surface area contributed by atoms with Crippen molar-refractivity contribution in [2.45, 2.75) is 9.92 Å². The summed E-state index contributed by atoms with van der Waals surface area (Å²) in [5, 5.41) is 3.84. The van der Waals surface area contributed by atoms with Crippen LogP contribution in [0.5, 0.6) is 0 Å². The lowest BCUT2D eigenvalue weighted by Crippen LogP contribution is -1.93. The zero-order chi connectivity index (χ0) is 11.4. The Balaban J connectivity index is 2.24. The van der Waals surface area contributed by atoms with Gasteiger partial charge in [0, 0.05) is 16.4 Å². The van der Waals surface area contributed by atoms with Gasteiger partial charge in [-0.05, 0) is 28.1 Å². The van der Waals surface area contributed by atoms with Gasteiger partial charge in [0.15, 0.2) is 0 Å². The fourth-order valence-corrected chi connectivity index (χ4v) is 2.48. The Labute approximate surface area is 107 Å². The van der Waals surface area contributed by atoms with Crippen LogP contribution in [0, 0.1) is 0 Å². The van der Waals surface area contributed by atoms with E-state index in [9.17, 15) is 0 Å². The molecule has 0 fully saturated rings.